The highest BCUT2D eigenvalue weighted by Crippen LogP contribution is 2.28. The Kier molecular flexibility index (Phi) is 8.72. The highest BCUT2D eigenvalue weighted by molar-refractivity contribution is 5.80. The molecule has 2 rings (SSSR count). The maximum atomic E-state index is 10.0. The van der Waals surface area contributed by atoms with E-state index in [9.17, 15) is 5.11 Å². The molecule has 1 aliphatic heterocycles. The summed E-state index contributed by atoms with van der Waals surface area (Å²) >= 11 is 0. The van der Waals surface area contributed by atoms with Gasteiger partial charge in [-0.2, -0.15) is 0 Å². The van der Waals surface area contributed by atoms with Gasteiger partial charge in [0.1, 0.15) is 0 Å². The lowest BCUT2D eigenvalue weighted by atomic mass is 10.0. The number of hydrogen-bond acceptors (Lipinski definition) is 4. The normalized spacial score (nSPS) is 21.2. The first-order valence-electron chi connectivity index (χ1n) is 9.74. The van der Waals surface area contributed by atoms with Crippen LogP contribution in [0.3, 0.4) is 0 Å². The van der Waals surface area contributed by atoms with E-state index in [0.29, 0.717) is 19.2 Å². The standard InChI is InChI=1S/C19H36N4O2/c1-4-20-19(21-11-18(24)14-25-13-16-5-6-16)22-17-7-9-23(10-8-17)12-15(2)3/h16-18,24H,2,4-14H2,1,3H3,(H2,20,21,22). The number of nitrogens with one attached hydrogen (secondary N) is 2. The van der Waals surface area contributed by atoms with Crippen molar-refractivity contribution in [3.8, 4) is 0 Å². The molecule has 0 aromatic rings. The molecule has 1 unspecified atom stereocenters. The van der Waals surface area contributed by atoms with Crippen molar-refractivity contribution in [2.45, 2.75) is 51.7 Å². The van der Waals surface area contributed by atoms with Crippen LogP contribution in [0.5, 0.6) is 0 Å². The Bertz CT molecular complexity index is 429. The molecule has 0 spiro atoms. The molecule has 25 heavy (non-hydrogen) atoms. The van der Waals surface area contributed by atoms with Crippen LogP contribution in [0.2, 0.25) is 0 Å². The molecule has 2 aliphatic rings. The molecule has 2 fully saturated rings. The first-order valence-corrected chi connectivity index (χ1v) is 9.74. The van der Waals surface area contributed by atoms with E-state index in [2.05, 4.69) is 41.0 Å². The molecule has 144 valence electrons. The highest BCUT2D eigenvalue weighted by atomic mass is 16.5. The number of likely N-dealkylation sites (tertiary alicyclic amines) is 1. The summed E-state index contributed by atoms with van der Waals surface area (Å²) in [6, 6.07) is 0.433. The van der Waals surface area contributed by atoms with Gasteiger partial charge in [-0.15, -0.1) is 0 Å². The molecule has 1 saturated carbocycles. The van der Waals surface area contributed by atoms with E-state index in [1.165, 1.54) is 18.4 Å². The lowest BCUT2D eigenvalue weighted by Crippen LogP contribution is -2.49. The van der Waals surface area contributed by atoms with Crippen LogP contribution in [0.15, 0.2) is 17.1 Å². The smallest absolute Gasteiger partial charge is 0.191 e. The number of hydrogen-bond donors (Lipinski definition) is 3. The summed E-state index contributed by atoms with van der Waals surface area (Å²) in [7, 11) is 0. The Morgan fingerprint density at radius 3 is 2.64 bits per heavy atom. The van der Waals surface area contributed by atoms with Crippen LogP contribution in [0.1, 0.15) is 39.5 Å². The van der Waals surface area contributed by atoms with Gasteiger partial charge in [-0.3, -0.25) is 9.89 Å². The van der Waals surface area contributed by atoms with E-state index < -0.39 is 6.10 Å². The summed E-state index contributed by atoms with van der Waals surface area (Å²) in [6.07, 6.45) is 4.21. The topological polar surface area (TPSA) is 69.1 Å². The Balaban J connectivity index is 1.68. The van der Waals surface area contributed by atoms with Gasteiger partial charge in [0.05, 0.1) is 19.3 Å². The minimum absolute atomic E-state index is 0.370. The summed E-state index contributed by atoms with van der Waals surface area (Å²) in [5.74, 6) is 1.52. The van der Waals surface area contributed by atoms with Crippen molar-refractivity contribution in [3.63, 3.8) is 0 Å². The molecule has 1 aliphatic carbocycles. The predicted molar refractivity (Wildman–Crippen MR) is 103 cm³/mol. The van der Waals surface area contributed by atoms with Gasteiger partial charge in [-0.05, 0) is 45.4 Å². The van der Waals surface area contributed by atoms with Crippen molar-refractivity contribution in [3.05, 3.63) is 12.2 Å². The second kappa shape index (κ2) is 10.8. The third-order valence-corrected chi connectivity index (χ3v) is 4.59. The third-order valence-electron chi connectivity index (χ3n) is 4.59. The summed E-state index contributed by atoms with van der Waals surface area (Å²) in [5, 5.41) is 16.8. The van der Waals surface area contributed by atoms with Crippen LogP contribution in [-0.2, 0) is 4.74 Å². The first-order chi connectivity index (χ1) is 12.1. The fraction of sp³-hybridized carbons (Fsp3) is 0.842. The highest BCUT2D eigenvalue weighted by Gasteiger charge is 2.22. The van der Waals surface area contributed by atoms with E-state index in [0.717, 1.165) is 57.5 Å². The second-order valence-electron chi connectivity index (χ2n) is 7.51. The molecule has 0 bridgehead atoms. The predicted octanol–water partition coefficient (Wildman–Crippen LogP) is 1.37. The van der Waals surface area contributed by atoms with Crippen LogP contribution >= 0.6 is 0 Å². The van der Waals surface area contributed by atoms with Crippen molar-refractivity contribution in [1.82, 2.24) is 15.5 Å². The van der Waals surface area contributed by atoms with Gasteiger partial charge in [-0.25, -0.2) is 0 Å². The van der Waals surface area contributed by atoms with E-state index in [4.69, 9.17) is 4.74 Å². The van der Waals surface area contributed by atoms with Crippen LogP contribution in [0.4, 0.5) is 0 Å². The van der Waals surface area contributed by atoms with Gasteiger partial charge in [0.15, 0.2) is 5.96 Å². The third kappa shape index (κ3) is 8.70. The van der Waals surface area contributed by atoms with Crippen LogP contribution in [0.25, 0.3) is 0 Å². The van der Waals surface area contributed by atoms with Gasteiger partial charge in [0.2, 0.25) is 0 Å². The van der Waals surface area contributed by atoms with Crippen LogP contribution < -0.4 is 10.6 Å². The zero-order valence-electron chi connectivity index (χ0n) is 16.0. The van der Waals surface area contributed by atoms with Crippen molar-refractivity contribution >= 4 is 5.96 Å². The van der Waals surface area contributed by atoms with Gasteiger partial charge >= 0.3 is 0 Å². The van der Waals surface area contributed by atoms with Gasteiger partial charge in [0.25, 0.3) is 0 Å². The van der Waals surface area contributed by atoms with E-state index in [1.54, 1.807) is 0 Å². The van der Waals surface area contributed by atoms with Gasteiger partial charge < -0.3 is 20.5 Å². The summed E-state index contributed by atoms with van der Waals surface area (Å²) < 4.78 is 5.53. The maximum absolute atomic E-state index is 10.0. The maximum Gasteiger partial charge on any atom is 0.191 e. The SMILES string of the molecule is C=C(C)CN1CCC(NC(=NCC(O)COCC2CC2)NCC)CC1. The molecule has 1 atom stereocenters. The summed E-state index contributed by atoms with van der Waals surface area (Å²) in [5.41, 5.74) is 1.22. The number of piperidine rings is 1. The lowest BCUT2D eigenvalue weighted by molar-refractivity contribution is 0.0368. The largest absolute Gasteiger partial charge is 0.389 e. The molecule has 0 radical (unpaired) electrons. The fourth-order valence-electron chi connectivity index (χ4n) is 3.04. The molecule has 6 heteroatoms. The monoisotopic (exact) mass is 352 g/mol. The average Bonchev–Trinajstić information content (AvgIpc) is 3.38. The lowest BCUT2D eigenvalue weighted by Gasteiger charge is -2.33. The Morgan fingerprint density at radius 1 is 1.32 bits per heavy atom. The molecule has 0 amide bonds. The Labute approximate surface area is 152 Å². The molecule has 1 saturated heterocycles. The van der Waals surface area contributed by atoms with E-state index >= 15 is 0 Å². The van der Waals surface area contributed by atoms with Crippen molar-refractivity contribution in [2.24, 2.45) is 10.9 Å². The fourth-order valence-corrected chi connectivity index (χ4v) is 3.04. The van der Waals surface area contributed by atoms with Crippen LogP contribution in [0, 0.1) is 5.92 Å². The van der Waals surface area contributed by atoms with Crippen molar-refractivity contribution < 1.29 is 9.84 Å². The van der Waals surface area contributed by atoms with Gasteiger partial charge in [-0.1, -0.05) is 12.2 Å². The summed E-state index contributed by atoms with van der Waals surface area (Å²) in [4.78, 5) is 6.97. The molecule has 6 nitrogen and oxygen atoms in total. The zero-order valence-corrected chi connectivity index (χ0v) is 16.0. The number of guanidine groups is 1. The number of aliphatic hydroxyl groups is 1. The Morgan fingerprint density at radius 2 is 2.04 bits per heavy atom. The van der Waals surface area contributed by atoms with Crippen molar-refractivity contribution in [1.29, 1.82) is 0 Å². The molecular weight excluding hydrogens is 316 g/mol. The molecule has 0 aromatic carbocycles. The van der Waals surface area contributed by atoms with Gasteiger partial charge in [0, 0.05) is 38.8 Å². The minimum Gasteiger partial charge on any atom is -0.389 e. The number of ether oxygens (including phenoxy) is 1. The number of rotatable bonds is 10. The zero-order chi connectivity index (χ0) is 18.1. The van der Waals surface area contributed by atoms with E-state index in [-0.39, 0.29) is 0 Å². The average molecular weight is 353 g/mol. The number of aliphatic hydroxyl groups excluding tert-OH is 1. The molecule has 3 N–H and O–H groups in total. The molecule has 1 heterocycles. The molecule has 0 aromatic heterocycles. The molecular formula is C19H36N4O2. The quantitative estimate of drug-likeness (QED) is 0.315. The first kappa shape index (κ1) is 20.2. The van der Waals surface area contributed by atoms with Crippen LogP contribution in [-0.4, -0.2) is 74.0 Å². The number of nitrogens with zero attached hydrogens (tertiary/aromatic N) is 2. The second-order valence-corrected chi connectivity index (χ2v) is 7.51. The summed E-state index contributed by atoms with van der Waals surface area (Å²) in [6.45, 7) is 13.6. The Hall–Kier alpha value is -1.11. The van der Waals surface area contributed by atoms with E-state index in [1.807, 2.05) is 0 Å². The number of aliphatic imine (C=N–C) groups is 1. The minimum atomic E-state index is -0.536. The van der Waals surface area contributed by atoms with Crippen molar-refractivity contribution in [2.75, 3.05) is 45.9 Å².